The Morgan fingerprint density at radius 1 is 0.879 bits per heavy atom. The van der Waals surface area contributed by atoms with Crippen molar-refractivity contribution in [3.05, 3.63) is 87.9 Å². The van der Waals surface area contributed by atoms with Gasteiger partial charge in [0.2, 0.25) is 11.8 Å². The van der Waals surface area contributed by atoms with Crippen molar-refractivity contribution in [2.75, 3.05) is 75.8 Å². The first-order chi connectivity index (χ1) is 28.1. The molecule has 3 aromatic carbocycles. The highest BCUT2D eigenvalue weighted by atomic mass is 35.5. The topological polar surface area (TPSA) is 147 Å². The number of hydrogen-bond acceptors (Lipinski definition) is 10. The number of nitriles is 1. The smallest absolute Gasteiger partial charge is 0.255 e. The number of nitrogens with one attached hydrogen (secondary N) is 1. The van der Waals surface area contributed by atoms with Gasteiger partial charge in [0.25, 0.3) is 11.8 Å². The zero-order chi connectivity index (χ0) is 40.8. The third kappa shape index (κ3) is 9.46. The predicted octanol–water partition coefficient (Wildman–Crippen LogP) is 5.01. The molecular formula is C44H50ClN7O6. The molecule has 304 valence electrons. The molecule has 2 unspecified atom stereocenters. The zero-order valence-electron chi connectivity index (χ0n) is 32.9. The summed E-state index contributed by atoms with van der Waals surface area (Å²) in [6, 6.07) is 19.7. The molecule has 4 saturated heterocycles. The number of benzene rings is 3. The molecule has 14 heteroatoms. The van der Waals surface area contributed by atoms with E-state index in [0.717, 1.165) is 89.3 Å². The maximum Gasteiger partial charge on any atom is 0.255 e. The first-order valence-corrected chi connectivity index (χ1v) is 20.7. The summed E-state index contributed by atoms with van der Waals surface area (Å²) in [4.78, 5) is 73.2. The second-order valence-electron chi connectivity index (χ2n) is 15.8. The Balaban J connectivity index is 0.840. The summed E-state index contributed by atoms with van der Waals surface area (Å²) < 4.78 is 6.17. The van der Waals surface area contributed by atoms with E-state index in [1.165, 1.54) is 11.9 Å². The average Bonchev–Trinajstić information content (AvgIpc) is 3.49. The summed E-state index contributed by atoms with van der Waals surface area (Å²) >= 11 is 6.19. The van der Waals surface area contributed by atoms with Crippen LogP contribution in [0.2, 0.25) is 5.02 Å². The molecule has 3 aromatic rings. The molecule has 4 fully saturated rings. The fourth-order valence-corrected chi connectivity index (χ4v) is 8.80. The minimum absolute atomic E-state index is 0.0270. The maximum atomic E-state index is 13.5. The number of likely N-dealkylation sites (N-methyl/N-ethyl adjacent to an activating group) is 1. The minimum Gasteiger partial charge on any atom is -0.490 e. The lowest BCUT2D eigenvalue weighted by Crippen LogP contribution is -2.53. The fourth-order valence-electron chi connectivity index (χ4n) is 8.59. The molecule has 0 aromatic heterocycles. The van der Waals surface area contributed by atoms with Crippen LogP contribution in [0.4, 0.5) is 11.4 Å². The number of imide groups is 1. The number of anilines is 2. The Morgan fingerprint density at radius 3 is 2.29 bits per heavy atom. The van der Waals surface area contributed by atoms with Crippen LogP contribution >= 0.6 is 11.6 Å². The summed E-state index contributed by atoms with van der Waals surface area (Å²) in [5.74, 6) is -0.0258. The lowest BCUT2D eigenvalue weighted by Gasteiger charge is -2.40. The van der Waals surface area contributed by atoms with Crippen LogP contribution in [0.3, 0.4) is 0 Å². The van der Waals surface area contributed by atoms with E-state index in [1.54, 1.807) is 30.3 Å². The predicted molar refractivity (Wildman–Crippen MR) is 220 cm³/mol. The van der Waals surface area contributed by atoms with Gasteiger partial charge in [0.1, 0.15) is 24.0 Å². The van der Waals surface area contributed by atoms with Crippen molar-refractivity contribution >= 4 is 52.9 Å². The molecule has 0 radical (unpaired) electrons. The van der Waals surface area contributed by atoms with Crippen LogP contribution < -0.4 is 19.9 Å². The SMILES string of the molecule is CN(C(=O)c1ccc(N2CCC(CN3CCN(c4ccc(C(=O)N5CCCC(Oc6ccc(C#N)c(Cl)c6)CC5)cc4)CC3)CC2)cc1C=O)C1CCC(=O)NC1=O. The molecule has 1 N–H and O–H groups in total. The highest BCUT2D eigenvalue weighted by molar-refractivity contribution is 6.31. The van der Waals surface area contributed by atoms with Gasteiger partial charge >= 0.3 is 0 Å². The number of halogens is 1. The minimum atomic E-state index is -0.757. The van der Waals surface area contributed by atoms with Crippen LogP contribution in [0.5, 0.6) is 5.75 Å². The molecule has 4 aliphatic rings. The quantitative estimate of drug-likeness (QED) is 0.219. The van der Waals surface area contributed by atoms with Crippen LogP contribution in [0.1, 0.15) is 81.6 Å². The van der Waals surface area contributed by atoms with Crippen LogP contribution in [0.15, 0.2) is 60.7 Å². The number of amides is 4. The standard InChI is InChI=1S/C44H50ClN7O6/c1-48(40-12-13-41(54)47-42(40)55)44(57)38-11-9-35(25-33(38)29-53)50-18-14-30(15-19-50)28-49-21-23-51(24-22-49)34-7-4-31(5-8-34)43(56)52-17-2-3-36(16-20-52)58-37-10-6-32(27-46)39(45)26-37/h4-11,25-26,29-30,36,40H,2-3,12-24,28H2,1H3,(H,47,54,55). The molecule has 0 spiro atoms. The highest BCUT2D eigenvalue weighted by Gasteiger charge is 2.34. The van der Waals surface area contributed by atoms with E-state index in [2.05, 4.69) is 38.2 Å². The van der Waals surface area contributed by atoms with Crippen molar-refractivity contribution in [2.24, 2.45) is 5.92 Å². The van der Waals surface area contributed by atoms with Crippen LogP contribution in [0, 0.1) is 17.2 Å². The lowest BCUT2D eigenvalue weighted by molar-refractivity contribution is -0.136. The third-order valence-electron chi connectivity index (χ3n) is 12.1. The van der Waals surface area contributed by atoms with Crippen molar-refractivity contribution in [3.63, 3.8) is 0 Å². The second-order valence-corrected chi connectivity index (χ2v) is 16.2. The van der Waals surface area contributed by atoms with Gasteiger partial charge in [-0.2, -0.15) is 5.26 Å². The number of hydrogen-bond donors (Lipinski definition) is 1. The van der Waals surface area contributed by atoms with E-state index >= 15 is 0 Å². The van der Waals surface area contributed by atoms with Gasteiger partial charge in [-0.15, -0.1) is 0 Å². The molecule has 58 heavy (non-hydrogen) atoms. The summed E-state index contributed by atoms with van der Waals surface area (Å²) in [6.45, 7) is 7.83. The first-order valence-electron chi connectivity index (χ1n) is 20.3. The summed E-state index contributed by atoms with van der Waals surface area (Å²) in [5, 5.41) is 11.8. The van der Waals surface area contributed by atoms with Gasteiger partial charge in [0.15, 0.2) is 6.29 Å². The normalized spacial score (nSPS) is 20.8. The van der Waals surface area contributed by atoms with E-state index in [-0.39, 0.29) is 41.9 Å². The van der Waals surface area contributed by atoms with Crippen molar-refractivity contribution in [3.8, 4) is 11.8 Å². The van der Waals surface area contributed by atoms with Crippen molar-refractivity contribution < 1.29 is 28.7 Å². The molecule has 7 rings (SSSR count). The third-order valence-corrected chi connectivity index (χ3v) is 12.4. The number of piperazine rings is 1. The Hall–Kier alpha value is -5.45. The molecule has 4 amide bonds. The molecule has 0 aliphatic carbocycles. The average molecular weight is 808 g/mol. The Bertz CT molecular complexity index is 2060. The van der Waals surface area contributed by atoms with Crippen molar-refractivity contribution in [2.45, 2.75) is 57.1 Å². The molecule has 4 heterocycles. The number of carbonyl (C=O) groups is 5. The number of likely N-dealkylation sites (tertiary alicyclic amines) is 1. The van der Waals surface area contributed by atoms with Crippen molar-refractivity contribution in [1.82, 2.24) is 20.0 Å². The Labute approximate surface area is 344 Å². The fraction of sp³-hybridized carbons (Fsp3) is 0.455. The summed E-state index contributed by atoms with van der Waals surface area (Å²) in [7, 11) is 1.53. The monoisotopic (exact) mass is 807 g/mol. The number of piperidine rings is 2. The molecule has 0 bridgehead atoms. The number of aldehydes is 1. The Kier molecular flexibility index (Phi) is 12.9. The lowest BCUT2D eigenvalue weighted by atomic mass is 9.95. The van der Waals surface area contributed by atoms with Gasteiger partial charge in [-0.1, -0.05) is 11.6 Å². The molecule has 4 aliphatic heterocycles. The van der Waals surface area contributed by atoms with E-state index in [1.807, 2.05) is 23.1 Å². The largest absolute Gasteiger partial charge is 0.490 e. The van der Waals surface area contributed by atoms with Gasteiger partial charge in [-0.25, -0.2) is 0 Å². The van der Waals surface area contributed by atoms with Gasteiger partial charge in [0, 0.05) is 107 Å². The van der Waals surface area contributed by atoms with E-state index in [4.69, 9.17) is 21.6 Å². The van der Waals surface area contributed by atoms with E-state index in [0.29, 0.717) is 47.2 Å². The number of carbonyl (C=O) groups excluding carboxylic acids is 5. The number of nitrogens with zero attached hydrogens (tertiary/aromatic N) is 6. The maximum absolute atomic E-state index is 13.5. The van der Waals surface area contributed by atoms with E-state index in [9.17, 15) is 24.0 Å². The number of ether oxygens (including phenoxy) is 1. The molecule has 13 nitrogen and oxygen atoms in total. The molecule has 2 atom stereocenters. The van der Waals surface area contributed by atoms with Gasteiger partial charge in [-0.05, 0) is 92.6 Å². The van der Waals surface area contributed by atoms with Crippen LogP contribution in [-0.2, 0) is 9.59 Å². The summed E-state index contributed by atoms with van der Waals surface area (Å²) in [6.07, 6.45) is 5.54. The Morgan fingerprint density at radius 2 is 1.60 bits per heavy atom. The second kappa shape index (κ2) is 18.4. The van der Waals surface area contributed by atoms with Gasteiger partial charge in [-0.3, -0.25) is 34.2 Å². The molecule has 0 saturated carbocycles. The highest BCUT2D eigenvalue weighted by Crippen LogP contribution is 2.29. The van der Waals surface area contributed by atoms with Crippen LogP contribution in [0.25, 0.3) is 0 Å². The summed E-state index contributed by atoms with van der Waals surface area (Å²) in [5.41, 5.74) is 3.66. The first kappa shape index (κ1) is 40.7. The number of rotatable bonds is 10. The van der Waals surface area contributed by atoms with Crippen LogP contribution in [-0.4, -0.2) is 123 Å². The molecular weight excluding hydrogens is 758 g/mol. The van der Waals surface area contributed by atoms with E-state index < -0.39 is 17.9 Å². The van der Waals surface area contributed by atoms with Crippen molar-refractivity contribution in [1.29, 1.82) is 5.26 Å². The van der Waals surface area contributed by atoms with Gasteiger partial charge in [0.05, 0.1) is 16.1 Å². The zero-order valence-corrected chi connectivity index (χ0v) is 33.7. The van der Waals surface area contributed by atoms with Gasteiger partial charge < -0.3 is 24.3 Å².